The summed E-state index contributed by atoms with van der Waals surface area (Å²) in [7, 11) is 0. The van der Waals surface area contributed by atoms with Gasteiger partial charge < -0.3 is 15.4 Å². The number of amides is 1. The number of anilines is 2. The molecule has 148 valence electrons. The highest BCUT2D eigenvalue weighted by Crippen LogP contribution is 2.21. The largest absolute Gasteiger partial charge is 0.489 e. The fourth-order valence-electron chi connectivity index (χ4n) is 3.35. The number of nitrogens with one attached hydrogen (secondary N) is 2. The molecule has 0 spiro atoms. The molecule has 3 aromatic rings. The lowest BCUT2D eigenvalue weighted by Gasteiger charge is -2.11. The summed E-state index contributed by atoms with van der Waals surface area (Å²) < 4.78 is 5.76. The van der Waals surface area contributed by atoms with E-state index in [4.69, 9.17) is 4.74 Å². The molecule has 1 saturated carbocycles. The van der Waals surface area contributed by atoms with Crippen LogP contribution in [0.5, 0.6) is 5.75 Å². The summed E-state index contributed by atoms with van der Waals surface area (Å²) in [5.74, 6) is 1.08. The molecule has 6 nitrogen and oxygen atoms in total. The van der Waals surface area contributed by atoms with Crippen molar-refractivity contribution in [2.24, 2.45) is 0 Å². The first kappa shape index (κ1) is 18.9. The molecule has 0 radical (unpaired) electrons. The van der Waals surface area contributed by atoms with E-state index < -0.39 is 0 Å². The molecule has 1 fully saturated rings. The lowest BCUT2D eigenvalue weighted by atomic mass is 10.2. The molecule has 0 bridgehead atoms. The van der Waals surface area contributed by atoms with Gasteiger partial charge in [-0.25, -0.2) is 9.97 Å². The van der Waals surface area contributed by atoms with Crippen molar-refractivity contribution in [2.45, 2.75) is 38.3 Å². The van der Waals surface area contributed by atoms with Crippen LogP contribution in [0.2, 0.25) is 0 Å². The highest BCUT2D eigenvalue weighted by Gasteiger charge is 2.16. The molecule has 1 aromatic heterocycles. The zero-order chi connectivity index (χ0) is 19.9. The maximum atomic E-state index is 12.4. The summed E-state index contributed by atoms with van der Waals surface area (Å²) in [6.45, 7) is 0.505. The van der Waals surface area contributed by atoms with E-state index in [1.165, 1.54) is 12.8 Å². The molecule has 2 aromatic carbocycles. The summed E-state index contributed by atoms with van der Waals surface area (Å²) in [6, 6.07) is 17.7. The quantitative estimate of drug-likeness (QED) is 0.615. The molecule has 2 N–H and O–H groups in total. The van der Waals surface area contributed by atoms with Crippen molar-refractivity contribution in [3.05, 3.63) is 78.1 Å². The summed E-state index contributed by atoms with van der Waals surface area (Å²) in [5.41, 5.74) is 2.22. The lowest BCUT2D eigenvalue weighted by Crippen LogP contribution is -2.18. The summed E-state index contributed by atoms with van der Waals surface area (Å²) >= 11 is 0. The van der Waals surface area contributed by atoms with E-state index in [1.54, 1.807) is 12.4 Å². The fourth-order valence-corrected chi connectivity index (χ4v) is 3.35. The first-order chi connectivity index (χ1) is 14.3. The zero-order valence-corrected chi connectivity index (χ0v) is 16.2. The Morgan fingerprint density at radius 2 is 1.66 bits per heavy atom. The fraction of sp³-hybridized carbons (Fsp3) is 0.261. The molecule has 1 aliphatic rings. The predicted molar refractivity (Wildman–Crippen MR) is 113 cm³/mol. The van der Waals surface area contributed by atoms with Crippen LogP contribution in [-0.4, -0.2) is 21.9 Å². The van der Waals surface area contributed by atoms with Crippen molar-refractivity contribution in [3.63, 3.8) is 0 Å². The number of aromatic nitrogens is 2. The van der Waals surface area contributed by atoms with Gasteiger partial charge in [0.05, 0.1) is 5.56 Å². The molecule has 1 heterocycles. The van der Waals surface area contributed by atoms with Gasteiger partial charge >= 0.3 is 0 Å². The number of benzene rings is 2. The average molecular weight is 388 g/mol. The Hall–Kier alpha value is -3.41. The number of nitrogens with zero attached hydrogens (tertiary/aromatic N) is 2. The van der Waals surface area contributed by atoms with Crippen LogP contribution >= 0.6 is 0 Å². The van der Waals surface area contributed by atoms with E-state index in [2.05, 4.69) is 20.6 Å². The smallest absolute Gasteiger partial charge is 0.258 e. The Labute approximate surface area is 170 Å². The van der Waals surface area contributed by atoms with Crippen LogP contribution in [0.4, 0.5) is 11.6 Å². The topological polar surface area (TPSA) is 76.1 Å². The Morgan fingerprint density at radius 1 is 0.966 bits per heavy atom. The van der Waals surface area contributed by atoms with Crippen LogP contribution in [0, 0.1) is 0 Å². The lowest BCUT2D eigenvalue weighted by molar-refractivity contribution is 0.102. The van der Waals surface area contributed by atoms with E-state index in [0.717, 1.165) is 24.2 Å². The second-order valence-electron chi connectivity index (χ2n) is 7.17. The molecule has 1 aliphatic carbocycles. The second kappa shape index (κ2) is 9.19. The van der Waals surface area contributed by atoms with E-state index in [-0.39, 0.29) is 5.91 Å². The van der Waals surface area contributed by atoms with Crippen molar-refractivity contribution in [1.82, 2.24) is 9.97 Å². The van der Waals surface area contributed by atoms with Crippen molar-refractivity contribution in [1.29, 1.82) is 0 Å². The molecule has 1 amide bonds. The Bertz CT molecular complexity index is 921. The molecule has 4 rings (SSSR count). The Kier molecular flexibility index (Phi) is 6.00. The van der Waals surface area contributed by atoms with Crippen LogP contribution in [0.25, 0.3) is 0 Å². The van der Waals surface area contributed by atoms with Crippen molar-refractivity contribution >= 4 is 17.5 Å². The van der Waals surface area contributed by atoms with Gasteiger partial charge in [0.1, 0.15) is 12.4 Å². The first-order valence-electron chi connectivity index (χ1n) is 9.93. The SMILES string of the molecule is O=C(Nc1ccc(OCc2ccccc2)cc1)c1cnc(NC2CCCC2)nc1. The van der Waals surface area contributed by atoms with Gasteiger partial charge in [0, 0.05) is 24.1 Å². The summed E-state index contributed by atoms with van der Waals surface area (Å²) in [6.07, 6.45) is 7.89. The summed E-state index contributed by atoms with van der Waals surface area (Å²) in [4.78, 5) is 21.0. The predicted octanol–water partition coefficient (Wildman–Crippen LogP) is 4.66. The van der Waals surface area contributed by atoms with Gasteiger partial charge in [0.2, 0.25) is 5.95 Å². The maximum absolute atomic E-state index is 12.4. The average Bonchev–Trinajstić information content (AvgIpc) is 3.27. The first-order valence-corrected chi connectivity index (χ1v) is 9.93. The monoisotopic (exact) mass is 388 g/mol. The molecular formula is C23H24N4O2. The van der Waals surface area contributed by atoms with Crippen LogP contribution in [0.1, 0.15) is 41.6 Å². The van der Waals surface area contributed by atoms with Crippen LogP contribution in [0.3, 0.4) is 0 Å². The normalized spacial score (nSPS) is 13.8. The molecule has 29 heavy (non-hydrogen) atoms. The Balaban J connectivity index is 1.29. The highest BCUT2D eigenvalue weighted by molar-refractivity contribution is 6.03. The highest BCUT2D eigenvalue weighted by atomic mass is 16.5. The van der Waals surface area contributed by atoms with Crippen LogP contribution in [-0.2, 0) is 6.61 Å². The summed E-state index contributed by atoms with van der Waals surface area (Å²) in [5, 5.41) is 6.18. The standard InChI is InChI=1S/C23H24N4O2/c28-22(18-14-24-23(25-15-18)27-19-8-4-5-9-19)26-20-10-12-21(13-11-20)29-16-17-6-2-1-3-7-17/h1-3,6-7,10-15,19H,4-5,8-9,16H2,(H,26,28)(H,24,25,27). The third kappa shape index (κ3) is 5.31. The van der Waals surface area contributed by atoms with Crippen molar-refractivity contribution < 1.29 is 9.53 Å². The van der Waals surface area contributed by atoms with E-state index in [0.29, 0.717) is 29.8 Å². The number of hydrogen-bond donors (Lipinski definition) is 2. The third-order valence-corrected chi connectivity index (χ3v) is 4.96. The molecule has 0 aliphatic heterocycles. The van der Waals surface area contributed by atoms with E-state index >= 15 is 0 Å². The minimum absolute atomic E-state index is 0.240. The van der Waals surface area contributed by atoms with Crippen LogP contribution in [0.15, 0.2) is 67.0 Å². The van der Waals surface area contributed by atoms with Gasteiger partial charge in [0.25, 0.3) is 5.91 Å². The third-order valence-electron chi connectivity index (χ3n) is 4.96. The molecule has 0 unspecified atom stereocenters. The molecule has 0 saturated heterocycles. The van der Waals surface area contributed by atoms with Gasteiger partial charge in [0.15, 0.2) is 0 Å². The van der Waals surface area contributed by atoms with Crippen molar-refractivity contribution in [3.8, 4) is 5.75 Å². The van der Waals surface area contributed by atoms with Crippen LogP contribution < -0.4 is 15.4 Å². The van der Waals surface area contributed by atoms with Gasteiger partial charge in [-0.15, -0.1) is 0 Å². The zero-order valence-electron chi connectivity index (χ0n) is 16.2. The number of carbonyl (C=O) groups excluding carboxylic acids is 1. The number of hydrogen-bond acceptors (Lipinski definition) is 5. The van der Waals surface area contributed by atoms with Gasteiger partial charge in [-0.05, 0) is 42.7 Å². The molecule has 0 atom stereocenters. The molecule has 6 heteroatoms. The molecular weight excluding hydrogens is 364 g/mol. The van der Waals surface area contributed by atoms with E-state index in [1.807, 2.05) is 54.6 Å². The minimum Gasteiger partial charge on any atom is -0.489 e. The Morgan fingerprint density at radius 3 is 2.34 bits per heavy atom. The van der Waals surface area contributed by atoms with Gasteiger partial charge in [-0.2, -0.15) is 0 Å². The minimum atomic E-state index is -0.240. The second-order valence-corrected chi connectivity index (χ2v) is 7.17. The van der Waals surface area contributed by atoms with Gasteiger partial charge in [-0.1, -0.05) is 43.2 Å². The maximum Gasteiger partial charge on any atom is 0.258 e. The number of carbonyl (C=O) groups is 1. The number of ether oxygens (including phenoxy) is 1. The van der Waals surface area contributed by atoms with Crippen molar-refractivity contribution in [2.75, 3.05) is 10.6 Å². The van der Waals surface area contributed by atoms with E-state index in [9.17, 15) is 4.79 Å². The number of rotatable bonds is 7. The van der Waals surface area contributed by atoms with Gasteiger partial charge in [-0.3, -0.25) is 4.79 Å².